The third-order valence-corrected chi connectivity index (χ3v) is 3.89. The molecule has 2 heterocycles. The summed E-state index contributed by atoms with van der Waals surface area (Å²) in [5.74, 6) is -0.931. The Morgan fingerprint density at radius 2 is 2.13 bits per heavy atom. The van der Waals surface area contributed by atoms with Crippen LogP contribution in [0.3, 0.4) is 0 Å². The fourth-order valence-corrected chi connectivity index (χ4v) is 2.58. The molecule has 0 aliphatic carbocycles. The van der Waals surface area contributed by atoms with Crippen molar-refractivity contribution in [3.05, 3.63) is 40.9 Å². The van der Waals surface area contributed by atoms with Gasteiger partial charge in [-0.25, -0.2) is 9.07 Å². The average molecular weight is 360 g/mol. The molecule has 1 amide bonds. The van der Waals surface area contributed by atoms with Crippen LogP contribution in [0.15, 0.2) is 24.4 Å². The molecule has 0 bridgehead atoms. The lowest BCUT2D eigenvalue weighted by Crippen LogP contribution is -2.29. The lowest BCUT2D eigenvalue weighted by Gasteiger charge is -2.22. The number of nitrogens with zero attached hydrogens (tertiary/aromatic N) is 3. The predicted octanol–water partition coefficient (Wildman–Crippen LogP) is 2.67. The van der Waals surface area contributed by atoms with E-state index in [4.69, 9.17) is 11.6 Å². The largest absolute Gasteiger partial charge is 0.320 e. The summed E-state index contributed by atoms with van der Waals surface area (Å²) >= 11 is 5.68. The number of hydrogen-bond acceptors (Lipinski definition) is 4. The molecule has 0 unspecified atom stereocenters. The monoisotopic (exact) mass is 359 g/mol. The maximum atomic E-state index is 13.1. The van der Waals surface area contributed by atoms with Gasteiger partial charge in [0.2, 0.25) is 0 Å². The summed E-state index contributed by atoms with van der Waals surface area (Å²) in [5.41, 5.74) is 0.631. The molecule has 1 saturated heterocycles. The average Bonchev–Trinajstić information content (AvgIpc) is 3.02. The molecule has 0 saturated carbocycles. The summed E-state index contributed by atoms with van der Waals surface area (Å²) in [7, 11) is 0. The van der Waals surface area contributed by atoms with Crippen LogP contribution < -0.4 is 10.6 Å². The first-order valence-corrected chi connectivity index (χ1v) is 7.40. The van der Waals surface area contributed by atoms with Crippen molar-refractivity contribution < 1.29 is 9.18 Å². The fourth-order valence-electron chi connectivity index (χ4n) is 2.40. The Kier molecular flexibility index (Phi) is 5.92. The number of halogens is 3. The maximum absolute atomic E-state index is 13.1. The molecule has 6 nitrogen and oxygen atoms in total. The van der Waals surface area contributed by atoms with E-state index in [1.165, 1.54) is 18.2 Å². The van der Waals surface area contributed by atoms with Crippen molar-refractivity contribution >= 4 is 35.6 Å². The topological polar surface area (TPSA) is 71.8 Å². The zero-order valence-corrected chi connectivity index (χ0v) is 13.7. The number of aromatic nitrogens is 3. The molecule has 0 radical (unpaired) electrons. The van der Waals surface area contributed by atoms with Crippen molar-refractivity contribution in [3.63, 3.8) is 0 Å². The molecule has 23 heavy (non-hydrogen) atoms. The van der Waals surface area contributed by atoms with Gasteiger partial charge in [0.05, 0.1) is 17.3 Å². The van der Waals surface area contributed by atoms with Crippen molar-refractivity contribution in [2.45, 2.75) is 18.9 Å². The van der Waals surface area contributed by atoms with E-state index in [1.807, 2.05) is 0 Å². The number of hydrogen-bond donors (Lipinski definition) is 2. The highest BCUT2D eigenvalue weighted by Gasteiger charge is 2.19. The quantitative estimate of drug-likeness (QED) is 0.883. The van der Waals surface area contributed by atoms with Gasteiger partial charge in [-0.2, -0.15) is 0 Å². The summed E-state index contributed by atoms with van der Waals surface area (Å²) in [6.45, 7) is 1.86. The van der Waals surface area contributed by atoms with Crippen LogP contribution in [0.4, 0.5) is 10.1 Å². The first-order chi connectivity index (χ1) is 10.6. The minimum absolute atomic E-state index is 0. The molecule has 3 rings (SSSR count). The number of amides is 1. The van der Waals surface area contributed by atoms with E-state index >= 15 is 0 Å². The predicted molar refractivity (Wildman–Crippen MR) is 87.8 cm³/mol. The number of nitrogens with one attached hydrogen (secondary N) is 2. The summed E-state index contributed by atoms with van der Waals surface area (Å²) in [5, 5.41) is 13.8. The Bertz CT molecular complexity index is 688. The van der Waals surface area contributed by atoms with E-state index < -0.39 is 11.7 Å². The molecule has 1 fully saturated rings. The molecular formula is C14H16Cl2FN5O. The van der Waals surface area contributed by atoms with E-state index in [-0.39, 0.29) is 29.2 Å². The van der Waals surface area contributed by atoms with E-state index in [0.29, 0.717) is 5.69 Å². The van der Waals surface area contributed by atoms with Gasteiger partial charge in [-0.05, 0) is 44.1 Å². The van der Waals surface area contributed by atoms with Gasteiger partial charge in [0, 0.05) is 5.69 Å². The van der Waals surface area contributed by atoms with Crippen LogP contribution >= 0.6 is 24.0 Å². The van der Waals surface area contributed by atoms with Crippen LogP contribution in [0, 0.1) is 5.82 Å². The van der Waals surface area contributed by atoms with Crippen LogP contribution in [0.1, 0.15) is 29.4 Å². The van der Waals surface area contributed by atoms with E-state index in [0.717, 1.165) is 25.9 Å². The van der Waals surface area contributed by atoms with Gasteiger partial charge < -0.3 is 10.6 Å². The number of rotatable bonds is 3. The van der Waals surface area contributed by atoms with Crippen molar-refractivity contribution in [1.82, 2.24) is 20.3 Å². The lowest BCUT2D eigenvalue weighted by molar-refractivity contribution is 0.102. The van der Waals surface area contributed by atoms with Gasteiger partial charge in [-0.3, -0.25) is 4.79 Å². The van der Waals surface area contributed by atoms with Crippen LogP contribution in [0.2, 0.25) is 5.02 Å². The second kappa shape index (κ2) is 7.72. The second-order valence-electron chi connectivity index (χ2n) is 5.15. The molecule has 124 valence electrons. The fraction of sp³-hybridized carbons (Fsp3) is 0.357. The zero-order valence-electron chi connectivity index (χ0n) is 12.1. The molecule has 1 aromatic heterocycles. The normalized spacial score (nSPS) is 15.0. The first kappa shape index (κ1) is 17.7. The number of carbonyl (C=O) groups excluding carboxylic acids is 1. The van der Waals surface area contributed by atoms with Gasteiger partial charge >= 0.3 is 0 Å². The summed E-state index contributed by atoms with van der Waals surface area (Å²) < 4.78 is 14.8. The molecule has 1 aliphatic rings. The Morgan fingerprint density at radius 3 is 2.83 bits per heavy atom. The van der Waals surface area contributed by atoms with Crippen LogP contribution in [-0.2, 0) is 0 Å². The molecule has 1 aliphatic heterocycles. The SMILES string of the molecule is Cl.O=C(Nc1ccc(F)c(Cl)c1)c1cn(C2CCNCC2)nn1. The molecule has 1 aromatic carbocycles. The molecule has 2 N–H and O–H groups in total. The Morgan fingerprint density at radius 1 is 1.39 bits per heavy atom. The summed E-state index contributed by atoms with van der Waals surface area (Å²) in [6, 6.07) is 4.25. The third-order valence-electron chi connectivity index (χ3n) is 3.60. The summed E-state index contributed by atoms with van der Waals surface area (Å²) in [6.07, 6.45) is 3.55. The molecular weight excluding hydrogens is 344 g/mol. The highest BCUT2D eigenvalue weighted by molar-refractivity contribution is 6.31. The van der Waals surface area contributed by atoms with E-state index in [9.17, 15) is 9.18 Å². The Hall–Kier alpha value is -1.70. The van der Waals surface area contributed by atoms with Crippen molar-refractivity contribution in [3.8, 4) is 0 Å². The molecule has 2 aromatic rings. The smallest absolute Gasteiger partial charge is 0.277 e. The van der Waals surface area contributed by atoms with Crippen LogP contribution in [0.25, 0.3) is 0 Å². The number of anilines is 1. The first-order valence-electron chi connectivity index (χ1n) is 7.02. The molecule has 0 spiro atoms. The summed E-state index contributed by atoms with van der Waals surface area (Å²) in [4.78, 5) is 12.1. The van der Waals surface area contributed by atoms with Crippen molar-refractivity contribution in [2.75, 3.05) is 18.4 Å². The molecule has 9 heteroatoms. The van der Waals surface area contributed by atoms with Crippen molar-refractivity contribution in [2.24, 2.45) is 0 Å². The van der Waals surface area contributed by atoms with Gasteiger partial charge in [0.15, 0.2) is 5.69 Å². The van der Waals surface area contributed by atoms with Gasteiger partial charge in [0.25, 0.3) is 5.91 Å². The highest BCUT2D eigenvalue weighted by Crippen LogP contribution is 2.20. The maximum Gasteiger partial charge on any atom is 0.277 e. The zero-order chi connectivity index (χ0) is 15.5. The second-order valence-corrected chi connectivity index (χ2v) is 5.56. The van der Waals surface area contributed by atoms with E-state index in [1.54, 1.807) is 10.9 Å². The van der Waals surface area contributed by atoms with Gasteiger partial charge in [-0.15, -0.1) is 17.5 Å². The number of benzene rings is 1. The van der Waals surface area contributed by atoms with Gasteiger partial charge in [0.1, 0.15) is 5.82 Å². The van der Waals surface area contributed by atoms with Crippen LogP contribution in [0.5, 0.6) is 0 Å². The van der Waals surface area contributed by atoms with E-state index in [2.05, 4.69) is 20.9 Å². The lowest BCUT2D eigenvalue weighted by atomic mass is 10.1. The Labute approximate surface area is 143 Å². The highest BCUT2D eigenvalue weighted by atomic mass is 35.5. The van der Waals surface area contributed by atoms with Crippen molar-refractivity contribution in [1.29, 1.82) is 0 Å². The molecule has 0 atom stereocenters. The Balaban J connectivity index is 0.00000192. The minimum Gasteiger partial charge on any atom is -0.320 e. The number of carbonyl (C=O) groups is 1. The van der Waals surface area contributed by atoms with Gasteiger partial charge in [-0.1, -0.05) is 16.8 Å². The minimum atomic E-state index is -0.531. The van der Waals surface area contributed by atoms with Crippen LogP contribution in [-0.4, -0.2) is 34.0 Å². The third kappa shape index (κ3) is 4.19. The standard InChI is InChI=1S/C14H15ClFN5O.ClH/c15-11-7-9(1-2-12(11)16)18-14(22)13-8-21(20-19-13)10-3-5-17-6-4-10;/h1-2,7-8,10,17H,3-6H2,(H,18,22);1H. The number of piperidine rings is 1.